The lowest BCUT2D eigenvalue weighted by atomic mass is 10.1. The molecule has 0 spiro atoms. The second-order valence-corrected chi connectivity index (χ2v) is 8.94. The number of hydrogen-bond donors (Lipinski definition) is 1. The van der Waals surface area contributed by atoms with E-state index in [0.717, 1.165) is 12.1 Å². The average molecular weight is 425 g/mol. The van der Waals surface area contributed by atoms with E-state index in [4.69, 9.17) is 5.73 Å². The standard InChI is InChI=1S/C20H22F3N3O2S/c1-4-26-17-12-14(20(21,22)23)8-11-16(17)18(24)19(26)13-6-9-15(10-7-13)25(3)29(27,28)5-2/h6-12H,4-5,24H2,1-3H3. The molecule has 0 unspecified atom stereocenters. The van der Waals surface area contributed by atoms with Gasteiger partial charge in [-0.05, 0) is 38.1 Å². The predicted octanol–water partition coefficient (Wildman–Crippen LogP) is 4.72. The lowest BCUT2D eigenvalue weighted by Crippen LogP contribution is -2.27. The van der Waals surface area contributed by atoms with Gasteiger partial charge in [0.2, 0.25) is 10.0 Å². The molecule has 0 bridgehead atoms. The van der Waals surface area contributed by atoms with Crippen molar-refractivity contribution in [3.05, 3.63) is 48.0 Å². The maximum atomic E-state index is 13.1. The molecule has 0 radical (unpaired) electrons. The van der Waals surface area contributed by atoms with Gasteiger partial charge >= 0.3 is 6.18 Å². The molecule has 0 saturated carbocycles. The molecule has 0 aliphatic heterocycles. The number of sulfonamides is 1. The van der Waals surface area contributed by atoms with Gasteiger partial charge in [0.25, 0.3) is 0 Å². The molecule has 9 heteroatoms. The van der Waals surface area contributed by atoms with Crippen LogP contribution in [0.25, 0.3) is 22.2 Å². The Morgan fingerprint density at radius 1 is 1.07 bits per heavy atom. The lowest BCUT2D eigenvalue weighted by molar-refractivity contribution is -0.137. The van der Waals surface area contributed by atoms with E-state index in [1.165, 1.54) is 17.4 Å². The Balaban J connectivity index is 2.13. The molecule has 29 heavy (non-hydrogen) atoms. The second-order valence-electron chi connectivity index (χ2n) is 6.65. The number of nitrogens with two attached hydrogens (primary N) is 1. The molecule has 1 aromatic heterocycles. The van der Waals surface area contributed by atoms with Crippen molar-refractivity contribution in [2.75, 3.05) is 22.8 Å². The first kappa shape index (κ1) is 21.0. The van der Waals surface area contributed by atoms with Gasteiger partial charge in [0.1, 0.15) is 0 Å². The zero-order valence-corrected chi connectivity index (χ0v) is 17.1. The minimum atomic E-state index is -4.44. The Hall–Kier alpha value is -2.68. The number of alkyl halides is 3. The normalized spacial score (nSPS) is 12.5. The van der Waals surface area contributed by atoms with Crippen molar-refractivity contribution in [1.29, 1.82) is 0 Å². The van der Waals surface area contributed by atoms with Crippen molar-refractivity contribution >= 4 is 32.3 Å². The van der Waals surface area contributed by atoms with Crippen LogP contribution < -0.4 is 10.0 Å². The highest BCUT2D eigenvalue weighted by molar-refractivity contribution is 7.92. The highest BCUT2D eigenvalue weighted by Crippen LogP contribution is 2.39. The van der Waals surface area contributed by atoms with Crippen molar-refractivity contribution in [1.82, 2.24) is 4.57 Å². The number of fused-ring (bicyclic) bond motifs is 1. The zero-order chi connectivity index (χ0) is 21.6. The van der Waals surface area contributed by atoms with E-state index < -0.39 is 21.8 Å². The molecule has 0 saturated heterocycles. The molecule has 3 aromatic rings. The van der Waals surface area contributed by atoms with Gasteiger partial charge in [-0.15, -0.1) is 0 Å². The Bertz CT molecular complexity index is 1150. The van der Waals surface area contributed by atoms with Crippen molar-refractivity contribution in [3.8, 4) is 11.3 Å². The fraction of sp³-hybridized carbons (Fsp3) is 0.300. The lowest BCUT2D eigenvalue weighted by Gasteiger charge is -2.19. The first-order valence-electron chi connectivity index (χ1n) is 9.07. The van der Waals surface area contributed by atoms with Crippen LogP contribution in [0.15, 0.2) is 42.5 Å². The summed E-state index contributed by atoms with van der Waals surface area (Å²) in [5.41, 5.74) is 8.14. The van der Waals surface area contributed by atoms with E-state index >= 15 is 0 Å². The fourth-order valence-electron chi connectivity index (χ4n) is 3.38. The number of rotatable bonds is 5. The van der Waals surface area contributed by atoms with Crippen LogP contribution in [0.5, 0.6) is 0 Å². The summed E-state index contributed by atoms with van der Waals surface area (Å²) in [6.07, 6.45) is -4.44. The summed E-state index contributed by atoms with van der Waals surface area (Å²) in [6.45, 7) is 3.82. The molecule has 0 fully saturated rings. The van der Waals surface area contributed by atoms with Crippen molar-refractivity contribution in [2.24, 2.45) is 0 Å². The molecule has 0 amide bonds. The summed E-state index contributed by atoms with van der Waals surface area (Å²) in [5.74, 6) is -0.0240. The van der Waals surface area contributed by atoms with Gasteiger partial charge in [0.15, 0.2) is 0 Å². The Morgan fingerprint density at radius 3 is 2.21 bits per heavy atom. The second kappa shape index (κ2) is 7.29. The van der Waals surface area contributed by atoms with Gasteiger partial charge in [-0.3, -0.25) is 4.31 Å². The smallest absolute Gasteiger partial charge is 0.396 e. The maximum absolute atomic E-state index is 13.1. The number of nitrogens with zero attached hydrogens (tertiary/aromatic N) is 2. The third-order valence-electron chi connectivity index (χ3n) is 5.03. The topological polar surface area (TPSA) is 68.3 Å². The van der Waals surface area contributed by atoms with E-state index in [1.807, 2.05) is 6.92 Å². The van der Waals surface area contributed by atoms with Crippen molar-refractivity contribution in [2.45, 2.75) is 26.6 Å². The molecular formula is C20H22F3N3O2S. The Labute approximate surface area is 167 Å². The van der Waals surface area contributed by atoms with Gasteiger partial charge in [0.05, 0.1) is 33.9 Å². The van der Waals surface area contributed by atoms with E-state index in [2.05, 4.69) is 0 Å². The molecule has 156 valence electrons. The maximum Gasteiger partial charge on any atom is 0.416 e. The van der Waals surface area contributed by atoms with Crippen molar-refractivity contribution < 1.29 is 21.6 Å². The Kier molecular flexibility index (Phi) is 5.29. The van der Waals surface area contributed by atoms with E-state index in [-0.39, 0.29) is 5.75 Å². The minimum absolute atomic E-state index is 0.0240. The van der Waals surface area contributed by atoms with Crippen LogP contribution in [0.4, 0.5) is 24.5 Å². The number of nitrogen functional groups attached to an aromatic ring is 1. The summed E-state index contributed by atoms with van der Waals surface area (Å²) >= 11 is 0. The predicted molar refractivity (Wildman–Crippen MR) is 110 cm³/mol. The number of halogens is 3. The zero-order valence-electron chi connectivity index (χ0n) is 16.3. The van der Waals surface area contributed by atoms with Crippen LogP contribution in [-0.4, -0.2) is 25.8 Å². The van der Waals surface area contributed by atoms with Crippen LogP contribution in [0, 0.1) is 0 Å². The van der Waals surface area contributed by atoms with Crippen molar-refractivity contribution in [3.63, 3.8) is 0 Å². The summed E-state index contributed by atoms with van der Waals surface area (Å²) < 4.78 is 66.4. The number of anilines is 2. The molecule has 2 N–H and O–H groups in total. The highest BCUT2D eigenvalue weighted by Gasteiger charge is 2.31. The van der Waals surface area contributed by atoms with Gasteiger partial charge < -0.3 is 10.3 Å². The third-order valence-corrected chi connectivity index (χ3v) is 6.81. The number of aromatic nitrogens is 1. The largest absolute Gasteiger partial charge is 0.416 e. The van der Waals surface area contributed by atoms with Crippen LogP contribution in [0.1, 0.15) is 19.4 Å². The summed E-state index contributed by atoms with van der Waals surface area (Å²) in [6, 6.07) is 10.3. The number of benzene rings is 2. The number of aryl methyl sites for hydroxylation is 1. The van der Waals surface area contributed by atoms with Crippen LogP contribution in [0.3, 0.4) is 0 Å². The Morgan fingerprint density at radius 2 is 1.69 bits per heavy atom. The summed E-state index contributed by atoms with van der Waals surface area (Å²) in [4.78, 5) is 0. The van der Waals surface area contributed by atoms with Crippen LogP contribution >= 0.6 is 0 Å². The van der Waals surface area contributed by atoms with Gasteiger partial charge in [-0.25, -0.2) is 8.42 Å². The quantitative estimate of drug-likeness (QED) is 0.643. The molecule has 0 aliphatic rings. The van der Waals surface area contributed by atoms with Gasteiger partial charge in [-0.2, -0.15) is 13.2 Å². The van der Waals surface area contributed by atoms with Crippen LogP contribution in [-0.2, 0) is 22.7 Å². The highest BCUT2D eigenvalue weighted by atomic mass is 32.2. The molecule has 2 aromatic carbocycles. The molecular weight excluding hydrogens is 403 g/mol. The third kappa shape index (κ3) is 3.66. The summed E-state index contributed by atoms with van der Waals surface area (Å²) in [7, 11) is -1.92. The monoisotopic (exact) mass is 425 g/mol. The summed E-state index contributed by atoms with van der Waals surface area (Å²) in [5, 5.41) is 0.546. The number of hydrogen-bond acceptors (Lipinski definition) is 3. The average Bonchev–Trinajstić information content (AvgIpc) is 2.98. The first-order chi connectivity index (χ1) is 13.5. The molecule has 3 rings (SSSR count). The van der Waals surface area contributed by atoms with E-state index in [9.17, 15) is 21.6 Å². The molecule has 5 nitrogen and oxygen atoms in total. The fourth-order valence-corrected chi connectivity index (χ4v) is 4.21. The molecule has 0 atom stereocenters. The first-order valence-corrected chi connectivity index (χ1v) is 10.7. The van der Waals surface area contributed by atoms with Gasteiger partial charge in [0, 0.05) is 24.5 Å². The van der Waals surface area contributed by atoms with Crippen LogP contribution in [0.2, 0.25) is 0 Å². The minimum Gasteiger partial charge on any atom is -0.396 e. The van der Waals surface area contributed by atoms with E-state index in [0.29, 0.717) is 40.1 Å². The SMILES string of the molecule is CCn1c(-c2ccc(N(C)S(=O)(=O)CC)cc2)c(N)c2ccc(C(F)(F)F)cc21. The van der Waals surface area contributed by atoms with E-state index in [1.54, 1.807) is 35.8 Å². The molecule has 0 aliphatic carbocycles. The molecule has 1 heterocycles. The van der Waals surface area contributed by atoms with Gasteiger partial charge in [-0.1, -0.05) is 18.2 Å².